The number of carbonyl (C=O) groups is 2. The van der Waals surface area contributed by atoms with E-state index in [0.29, 0.717) is 12.8 Å². The number of hydrogen-bond acceptors (Lipinski definition) is 4. The van der Waals surface area contributed by atoms with Gasteiger partial charge in [0.2, 0.25) is 5.91 Å². The van der Waals surface area contributed by atoms with Crippen molar-refractivity contribution in [3.63, 3.8) is 0 Å². The standard InChI is InChI=1S/C32H34N2O3/c1-20(35)34-28-9-7-6-8-26(28)33-27-18-23(21-12-16-25(37-5)17-13-21)19-29(36)30(27)31(34)22-10-14-24(15-11-22)32(2,3)4/h6-17,23,30-31H,18-19H2,1-5H3. The molecule has 3 aromatic carbocycles. The number of carbonyl (C=O) groups excluding carboxylic acids is 2. The highest BCUT2D eigenvalue weighted by Gasteiger charge is 2.45. The molecule has 0 radical (unpaired) electrons. The lowest BCUT2D eigenvalue weighted by Crippen LogP contribution is -2.45. The number of benzene rings is 3. The Hall–Kier alpha value is -3.73. The van der Waals surface area contributed by atoms with Gasteiger partial charge in [0, 0.05) is 19.1 Å². The zero-order chi connectivity index (χ0) is 26.3. The van der Waals surface area contributed by atoms with Gasteiger partial charge in [0.1, 0.15) is 11.5 Å². The third-order valence-electron chi connectivity index (χ3n) is 7.65. The molecule has 2 aliphatic rings. The summed E-state index contributed by atoms with van der Waals surface area (Å²) in [4.78, 5) is 34.0. The zero-order valence-corrected chi connectivity index (χ0v) is 22.2. The first-order valence-electron chi connectivity index (χ1n) is 12.9. The number of anilines is 1. The van der Waals surface area contributed by atoms with E-state index in [2.05, 4.69) is 45.0 Å². The summed E-state index contributed by atoms with van der Waals surface area (Å²) in [5, 5.41) is 0. The molecule has 37 heavy (non-hydrogen) atoms. The topological polar surface area (TPSA) is 59.0 Å². The molecular formula is C32H34N2O3. The third-order valence-corrected chi connectivity index (χ3v) is 7.65. The fourth-order valence-corrected chi connectivity index (χ4v) is 5.70. The smallest absolute Gasteiger partial charge is 0.224 e. The van der Waals surface area contributed by atoms with Crippen molar-refractivity contribution < 1.29 is 14.3 Å². The molecule has 1 saturated carbocycles. The first kappa shape index (κ1) is 24.9. The van der Waals surface area contributed by atoms with Crippen LogP contribution in [0.15, 0.2) is 77.8 Å². The van der Waals surface area contributed by atoms with Gasteiger partial charge < -0.3 is 9.64 Å². The average Bonchev–Trinajstić information content (AvgIpc) is 3.03. The monoisotopic (exact) mass is 494 g/mol. The summed E-state index contributed by atoms with van der Waals surface area (Å²) in [6, 6.07) is 23.6. The van der Waals surface area contributed by atoms with Crippen molar-refractivity contribution in [1.82, 2.24) is 0 Å². The molecule has 0 spiro atoms. The molecule has 3 aromatic rings. The Balaban J connectivity index is 1.62. The molecule has 5 nitrogen and oxygen atoms in total. The van der Waals surface area contributed by atoms with Gasteiger partial charge in [-0.1, -0.05) is 69.3 Å². The number of ketones is 1. The summed E-state index contributed by atoms with van der Waals surface area (Å²) in [6.45, 7) is 8.12. The second-order valence-electron chi connectivity index (χ2n) is 11.1. The lowest BCUT2D eigenvalue weighted by Gasteiger charge is -2.38. The summed E-state index contributed by atoms with van der Waals surface area (Å²) in [6.07, 6.45) is 1.08. The van der Waals surface area contributed by atoms with Gasteiger partial charge in [-0.15, -0.1) is 0 Å². The van der Waals surface area contributed by atoms with E-state index < -0.39 is 12.0 Å². The van der Waals surface area contributed by atoms with Crippen LogP contribution >= 0.6 is 0 Å². The molecule has 5 heteroatoms. The number of amides is 1. The van der Waals surface area contributed by atoms with Crippen molar-refractivity contribution in [3.8, 4) is 5.75 Å². The van der Waals surface area contributed by atoms with Crippen molar-refractivity contribution in [2.24, 2.45) is 10.9 Å². The molecule has 5 rings (SSSR count). The molecule has 190 valence electrons. The number of rotatable bonds is 3. The van der Waals surface area contributed by atoms with Crippen molar-refractivity contribution in [2.45, 2.75) is 57.9 Å². The van der Waals surface area contributed by atoms with Crippen LogP contribution in [0.2, 0.25) is 0 Å². The molecule has 1 aliphatic carbocycles. The van der Waals surface area contributed by atoms with E-state index in [4.69, 9.17) is 9.73 Å². The molecule has 1 heterocycles. The van der Waals surface area contributed by atoms with Crippen LogP contribution in [0, 0.1) is 5.92 Å². The van der Waals surface area contributed by atoms with Gasteiger partial charge >= 0.3 is 0 Å². The van der Waals surface area contributed by atoms with E-state index in [0.717, 1.165) is 34.0 Å². The number of para-hydroxylation sites is 2. The molecule has 1 aliphatic heterocycles. The summed E-state index contributed by atoms with van der Waals surface area (Å²) < 4.78 is 5.32. The van der Waals surface area contributed by atoms with Gasteiger partial charge in [-0.2, -0.15) is 0 Å². The molecule has 0 saturated heterocycles. The fourth-order valence-electron chi connectivity index (χ4n) is 5.70. The number of nitrogens with zero attached hydrogens (tertiary/aromatic N) is 2. The Labute approximate surface area is 219 Å². The highest BCUT2D eigenvalue weighted by molar-refractivity contribution is 6.13. The van der Waals surface area contributed by atoms with Crippen LogP contribution in [0.25, 0.3) is 0 Å². The number of fused-ring (bicyclic) bond motifs is 2. The molecule has 0 bridgehead atoms. The van der Waals surface area contributed by atoms with E-state index in [1.807, 2.05) is 48.5 Å². The summed E-state index contributed by atoms with van der Waals surface area (Å²) in [5.74, 6) is 0.355. The predicted molar refractivity (Wildman–Crippen MR) is 148 cm³/mol. The number of hydrogen-bond donors (Lipinski definition) is 0. The maximum absolute atomic E-state index is 14.0. The average molecular weight is 495 g/mol. The SMILES string of the molecule is COc1ccc(C2CC(=O)C3C(=Nc4ccccc4N(C(C)=O)C3c3ccc(C(C)(C)C)cc3)C2)cc1. The number of aliphatic imine (C=N–C) groups is 1. The molecule has 0 N–H and O–H groups in total. The lowest BCUT2D eigenvalue weighted by molar-refractivity contribution is -0.123. The summed E-state index contributed by atoms with van der Waals surface area (Å²) in [7, 11) is 1.65. The van der Waals surface area contributed by atoms with Crippen molar-refractivity contribution in [3.05, 3.63) is 89.5 Å². The quantitative estimate of drug-likeness (QED) is 0.396. The van der Waals surface area contributed by atoms with E-state index in [1.54, 1.807) is 18.9 Å². The minimum Gasteiger partial charge on any atom is -0.497 e. The van der Waals surface area contributed by atoms with Crippen LogP contribution in [-0.4, -0.2) is 24.5 Å². The zero-order valence-electron chi connectivity index (χ0n) is 22.2. The Morgan fingerprint density at radius 3 is 2.19 bits per heavy atom. The van der Waals surface area contributed by atoms with Gasteiger partial charge in [0.15, 0.2) is 0 Å². The second-order valence-corrected chi connectivity index (χ2v) is 11.1. The first-order valence-corrected chi connectivity index (χ1v) is 12.9. The maximum atomic E-state index is 14.0. The predicted octanol–water partition coefficient (Wildman–Crippen LogP) is 6.94. The Kier molecular flexibility index (Phi) is 6.49. The van der Waals surface area contributed by atoms with Gasteiger partial charge in [-0.05, 0) is 58.7 Å². The minimum absolute atomic E-state index is 0.00765. The normalized spacial score (nSPS) is 21.4. The number of ether oxygens (including phenoxy) is 1. The van der Waals surface area contributed by atoms with Gasteiger partial charge in [-0.3, -0.25) is 14.6 Å². The highest BCUT2D eigenvalue weighted by Crippen LogP contribution is 2.47. The summed E-state index contributed by atoms with van der Waals surface area (Å²) in [5.41, 5.74) is 5.59. The molecule has 3 atom stereocenters. The van der Waals surface area contributed by atoms with E-state index in [9.17, 15) is 9.59 Å². The second kappa shape index (κ2) is 9.62. The molecule has 3 unspecified atom stereocenters. The Bertz CT molecular complexity index is 1350. The van der Waals surface area contributed by atoms with Crippen LogP contribution in [-0.2, 0) is 15.0 Å². The van der Waals surface area contributed by atoms with E-state index in [-0.39, 0.29) is 23.0 Å². The minimum atomic E-state index is -0.494. The van der Waals surface area contributed by atoms with E-state index >= 15 is 0 Å². The number of Topliss-reactive ketones (excluding diaryl/α,β-unsaturated/α-hetero) is 1. The Morgan fingerprint density at radius 2 is 1.57 bits per heavy atom. The van der Waals surface area contributed by atoms with Crippen molar-refractivity contribution in [1.29, 1.82) is 0 Å². The third kappa shape index (κ3) is 4.71. The van der Waals surface area contributed by atoms with Gasteiger partial charge in [-0.25, -0.2) is 0 Å². The molecule has 0 aromatic heterocycles. The number of methoxy groups -OCH3 is 1. The largest absolute Gasteiger partial charge is 0.497 e. The van der Waals surface area contributed by atoms with Crippen LogP contribution in [0.4, 0.5) is 11.4 Å². The van der Waals surface area contributed by atoms with Crippen molar-refractivity contribution >= 4 is 28.8 Å². The van der Waals surface area contributed by atoms with Crippen LogP contribution < -0.4 is 9.64 Å². The Morgan fingerprint density at radius 1 is 0.919 bits per heavy atom. The maximum Gasteiger partial charge on any atom is 0.224 e. The van der Waals surface area contributed by atoms with E-state index in [1.165, 1.54) is 5.56 Å². The molecular weight excluding hydrogens is 460 g/mol. The van der Waals surface area contributed by atoms with Gasteiger partial charge in [0.05, 0.1) is 30.4 Å². The lowest BCUT2D eigenvalue weighted by atomic mass is 9.71. The van der Waals surface area contributed by atoms with Gasteiger partial charge in [0.25, 0.3) is 0 Å². The highest BCUT2D eigenvalue weighted by atomic mass is 16.5. The van der Waals surface area contributed by atoms with Crippen LogP contribution in [0.3, 0.4) is 0 Å². The molecule has 1 amide bonds. The van der Waals surface area contributed by atoms with Crippen molar-refractivity contribution in [2.75, 3.05) is 12.0 Å². The fraction of sp³-hybridized carbons (Fsp3) is 0.344. The van der Waals surface area contributed by atoms with Crippen LogP contribution in [0.1, 0.15) is 69.2 Å². The molecule has 1 fully saturated rings. The summed E-state index contributed by atoms with van der Waals surface area (Å²) >= 11 is 0. The first-order chi connectivity index (χ1) is 17.7. The van der Waals surface area contributed by atoms with Crippen LogP contribution in [0.5, 0.6) is 5.75 Å².